The van der Waals surface area contributed by atoms with Gasteiger partial charge in [-0.1, -0.05) is 51.7 Å². The van der Waals surface area contributed by atoms with E-state index in [1.54, 1.807) is 6.07 Å². The normalized spacial score (nSPS) is 18.8. The summed E-state index contributed by atoms with van der Waals surface area (Å²) in [6.07, 6.45) is 4.20. The van der Waals surface area contributed by atoms with E-state index in [2.05, 4.69) is 34.6 Å². The summed E-state index contributed by atoms with van der Waals surface area (Å²) in [6.45, 7) is 17.0. The molecule has 2 atom stereocenters. The Hall–Kier alpha value is -1.65. The highest BCUT2D eigenvalue weighted by Gasteiger charge is 2.49. The number of hydrogen-bond acceptors (Lipinski definition) is 6. The van der Waals surface area contributed by atoms with Gasteiger partial charge in [0.05, 0.1) is 49.6 Å². The first-order chi connectivity index (χ1) is 21.0. The van der Waals surface area contributed by atoms with Crippen LogP contribution in [0.25, 0.3) is 0 Å². The zero-order valence-electron chi connectivity index (χ0n) is 28.9. The van der Waals surface area contributed by atoms with Gasteiger partial charge < -0.3 is 40.9 Å². The molecule has 1 aliphatic rings. The number of anilines is 1. The number of nitrogens with zero attached hydrogens (tertiary/aromatic N) is 2. The van der Waals surface area contributed by atoms with Crippen LogP contribution in [0.3, 0.4) is 0 Å². The SMILES string of the molecule is CCCCC1(CCCC)CS(=O)(=O)c2ccc(N(C)C)cc2[C@@H](c2ccc(OCCOCC[N+](CC)(CC)CC)cc2)[C@H]1O.[Br-]. The molecule has 1 N–H and O–H groups in total. The van der Waals surface area contributed by atoms with E-state index < -0.39 is 27.3 Å². The third kappa shape index (κ3) is 9.69. The molecule has 0 saturated heterocycles. The predicted octanol–water partition coefficient (Wildman–Crippen LogP) is 3.68. The molecule has 0 amide bonds. The third-order valence-corrected chi connectivity index (χ3v) is 12.1. The van der Waals surface area contributed by atoms with Gasteiger partial charge in [-0.15, -0.1) is 0 Å². The fourth-order valence-corrected chi connectivity index (χ4v) is 9.08. The van der Waals surface area contributed by atoms with Crippen LogP contribution in [0, 0.1) is 5.41 Å². The second-order valence-corrected chi connectivity index (χ2v) is 14.9. The van der Waals surface area contributed by atoms with E-state index in [4.69, 9.17) is 9.47 Å². The summed E-state index contributed by atoms with van der Waals surface area (Å²) in [6, 6.07) is 13.4. The molecule has 0 aromatic heterocycles. The van der Waals surface area contributed by atoms with E-state index in [1.165, 1.54) is 0 Å². The molecule has 0 fully saturated rings. The molecule has 7 nitrogen and oxygen atoms in total. The van der Waals surface area contributed by atoms with Crippen molar-refractivity contribution in [3.05, 3.63) is 53.6 Å². The van der Waals surface area contributed by atoms with Crippen molar-refractivity contribution in [3.8, 4) is 5.75 Å². The lowest BCUT2D eigenvalue weighted by Crippen LogP contribution is -3.00. The van der Waals surface area contributed by atoms with Crippen LogP contribution in [0.2, 0.25) is 0 Å². The maximum atomic E-state index is 14.0. The van der Waals surface area contributed by atoms with Crippen molar-refractivity contribution in [3.63, 3.8) is 0 Å². The fourth-order valence-electron chi connectivity index (χ4n) is 6.89. The van der Waals surface area contributed by atoms with E-state index >= 15 is 0 Å². The zero-order chi connectivity index (χ0) is 32.4. The van der Waals surface area contributed by atoms with Gasteiger partial charge in [-0.3, -0.25) is 0 Å². The Morgan fingerprint density at radius 3 is 2.02 bits per heavy atom. The molecule has 2 aromatic rings. The van der Waals surface area contributed by atoms with Gasteiger partial charge in [0.15, 0.2) is 9.84 Å². The number of likely N-dealkylation sites (N-methyl/N-ethyl adjacent to an activating group) is 1. The highest BCUT2D eigenvalue weighted by atomic mass is 79.9. The van der Waals surface area contributed by atoms with Gasteiger partial charge >= 0.3 is 0 Å². The fraction of sp³-hybridized carbons (Fsp3) is 0.667. The molecule has 0 unspecified atom stereocenters. The summed E-state index contributed by atoms with van der Waals surface area (Å²) in [7, 11) is 0.280. The Morgan fingerprint density at radius 1 is 0.889 bits per heavy atom. The first kappa shape index (κ1) is 39.5. The molecule has 0 bridgehead atoms. The lowest BCUT2D eigenvalue weighted by molar-refractivity contribution is -0.923. The van der Waals surface area contributed by atoms with Gasteiger partial charge in [0.1, 0.15) is 18.9 Å². The number of rotatable bonds is 18. The highest BCUT2D eigenvalue weighted by Crippen LogP contribution is 2.50. The van der Waals surface area contributed by atoms with E-state index in [0.29, 0.717) is 43.1 Å². The predicted molar refractivity (Wildman–Crippen MR) is 182 cm³/mol. The van der Waals surface area contributed by atoms with Gasteiger partial charge in [-0.2, -0.15) is 0 Å². The summed E-state index contributed by atoms with van der Waals surface area (Å²) in [4.78, 5) is 2.32. The molecule has 256 valence electrons. The summed E-state index contributed by atoms with van der Waals surface area (Å²) >= 11 is 0. The van der Waals surface area contributed by atoms with Crippen LogP contribution in [-0.4, -0.2) is 90.0 Å². The molecule has 0 aliphatic carbocycles. The molecule has 0 radical (unpaired) electrons. The quantitative estimate of drug-likeness (QED) is 0.188. The molecule has 3 rings (SSSR count). The van der Waals surface area contributed by atoms with Crippen LogP contribution in [-0.2, 0) is 14.6 Å². The Morgan fingerprint density at radius 2 is 1.49 bits per heavy atom. The number of unbranched alkanes of at least 4 members (excludes halogenated alkanes) is 2. The molecule has 9 heteroatoms. The smallest absolute Gasteiger partial charge is 0.179 e. The second-order valence-electron chi connectivity index (χ2n) is 12.9. The number of benzene rings is 2. The minimum absolute atomic E-state index is 0. The summed E-state index contributed by atoms with van der Waals surface area (Å²) in [5.41, 5.74) is 1.78. The number of halogens is 1. The standard InChI is InChI=1S/C36H59N2O5S.BrH/c1-8-13-21-36(22-14-9-2)28-44(40,41)33-20-17-30(37(6)7)27-32(33)34(35(36)39)29-15-18-31(19-16-29)43-26-25-42-24-23-38(10-3,11-4)12-5;/h15-20,27,34-35,39H,8-14,21-26,28H2,1-7H3;1H/q+1;/p-1/t34-,35-;/m1./s1. The van der Waals surface area contributed by atoms with Crippen molar-refractivity contribution in [2.45, 2.75) is 90.1 Å². The van der Waals surface area contributed by atoms with Gasteiger partial charge in [-0.25, -0.2) is 8.42 Å². The molecule has 2 aromatic carbocycles. The highest BCUT2D eigenvalue weighted by molar-refractivity contribution is 7.91. The van der Waals surface area contributed by atoms with Crippen molar-refractivity contribution >= 4 is 15.5 Å². The number of hydrogen-bond donors (Lipinski definition) is 1. The molecule has 0 saturated carbocycles. The summed E-state index contributed by atoms with van der Waals surface area (Å²) < 4.78 is 41.1. The van der Waals surface area contributed by atoms with E-state index in [0.717, 1.165) is 73.3 Å². The monoisotopic (exact) mass is 710 g/mol. The number of aliphatic hydroxyl groups is 1. The van der Waals surface area contributed by atoms with Crippen LogP contribution < -0.4 is 26.6 Å². The lowest BCUT2D eigenvalue weighted by atomic mass is 9.68. The summed E-state index contributed by atoms with van der Waals surface area (Å²) in [5, 5.41) is 12.4. The van der Waals surface area contributed by atoms with Crippen molar-refractivity contribution in [2.24, 2.45) is 5.41 Å². The first-order valence-corrected chi connectivity index (χ1v) is 18.5. The van der Waals surface area contributed by atoms with Crippen LogP contribution in [0.1, 0.15) is 90.2 Å². The Balaban J connectivity index is 0.00000705. The molecule has 1 heterocycles. The van der Waals surface area contributed by atoms with Crippen molar-refractivity contribution in [2.75, 3.05) is 70.7 Å². The third-order valence-electron chi connectivity index (χ3n) is 10.1. The van der Waals surface area contributed by atoms with Crippen molar-refractivity contribution < 1.29 is 44.5 Å². The second kappa shape index (κ2) is 18.0. The lowest BCUT2D eigenvalue weighted by Gasteiger charge is -2.40. The largest absolute Gasteiger partial charge is 1.00 e. The maximum Gasteiger partial charge on any atom is 0.179 e. The minimum atomic E-state index is -3.62. The van der Waals surface area contributed by atoms with Crippen molar-refractivity contribution in [1.82, 2.24) is 0 Å². The molecular formula is C36H59BrN2O5S. The Kier molecular flexibility index (Phi) is 15.8. The molecule has 0 spiro atoms. The van der Waals surface area contributed by atoms with Crippen LogP contribution >= 0.6 is 0 Å². The van der Waals surface area contributed by atoms with Gasteiger partial charge in [0, 0.05) is 31.1 Å². The summed E-state index contributed by atoms with van der Waals surface area (Å²) in [5.74, 6) is 0.240. The van der Waals surface area contributed by atoms with E-state index in [-0.39, 0.29) is 22.7 Å². The van der Waals surface area contributed by atoms with Crippen molar-refractivity contribution in [1.29, 1.82) is 0 Å². The number of quaternary nitrogens is 1. The average molecular weight is 712 g/mol. The van der Waals surface area contributed by atoms with E-state index in [9.17, 15) is 13.5 Å². The Bertz CT molecular complexity index is 1250. The van der Waals surface area contributed by atoms with E-state index in [1.807, 2.05) is 55.4 Å². The van der Waals surface area contributed by atoms with Gasteiger partial charge in [0.2, 0.25) is 0 Å². The average Bonchev–Trinajstić information content (AvgIpc) is 3.09. The first-order valence-electron chi connectivity index (χ1n) is 16.9. The van der Waals surface area contributed by atoms with Crippen LogP contribution in [0.5, 0.6) is 5.75 Å². The number of sulfone groups is 1. The molecule has 1 aliphatic heterocycles. The topological polar surface area (TPSA) is 76.1 Å². The number of ether oxygens (including phenoxy) is 2. The Labute approximate surface area is 284 Å². The maximum absolute atomic E-state index is 14.0. The van der Waals surface area contributed by atoms with Gasteiger partial charge in [-0.05, 0) is 75.1 Å². The minimum Gasteiger partial charge on any atom is -1.00 e. The van der Waals surface area contributed by atoms with Crippen LogP contribution in [0.15, 0.2) is 47.4 Å². The number of aliphatic hydroxyl groups excluding tert-OH is 1. The molecular weight excluding hydrogens is 652 g/mol. The number of fused-ring (bicyclic) bond motifs is 1. The van der Waals surface area contributed by atoms with Crippen LogP contribution in [0.4, 0.5) is 5.69 Å². The molecule has 45 heavy (non-hydrogen) atoms. The zero-order valence-corrected chi connectivity index (χ0v) is 31.3. The van der Waals surface area contributed by atoms with Gasteiger partial charge in [0.25, 0.3) is 0 Å².